The van der Waals surface area contributed by atoms with E-state index in [9.17, 15) is 37.8 Å². The summed E-state index contributed by atoms with van der Waals surface area (Å²) >= 11 is 0. The normalized spacial score (nSPS) is 42.2. The van der Waals surface area contributed by atoms with Crippen LogP contribution in [0.5, 0.6) is 0 Å². The van der Waals surface area contributed by atoms with Crippen molar-refractivity contribution >= 4 is 17.5 Å². The predicted octanol–water partition coefficient (Wildman–Crippen LogP) is 7.42. The van der Waals surface area contributed by atoms with Gasteiger partial charge >= 0.3 is 12.1 Å². The van der Waals surface area contributed by atoms with Gasteiger partial charge in [-0.05, 0) is 95.6 Å². The Hall–Kier alpha value is -1.94. The summed E-state index contributed by atoms with van der Waals surface area (Å²) in [6, 6.07) is 0. The smallest absolute Gasteiger partial charge is 0.422 e. The SMILES string of the molecule is CC[C@@H](C(=O)[C@@H](C)[C@@H](O)[C@H](C)[C@@H]1O[C@@H]([C@@H](CC)C(=O)OCC(F)(F)F)CC[C@@H]1C)C1O[C@]2(C=CC(=O)[C@]3(CC[C@@](C)([C@H]4CC[C@](O)(CC)[C@H](C)O4)O3)O2)[C@H](C)C[C@@H]1C. The molecule has 4 saturated heterocycles. The average molecular weight is 831 g/mol. The number of Topliss-reactive ketones (excluding diaryl/α,β-unsaturated/α-hetero) is 1. The topological polar surface area (TPSA) is 147 Å². The van der Waals surface area contributed by atoms with E-state index in [0.717, 1.165) is 0 Å². The van der Waals surface area contributed by atoms with Gasteiger partial charge in [-0.2, -0.15) is 13.2 Å². The van der Waals surface area contributed by atoms with Gasteiger partial charge in [0.25, 0.3) is 0 Å². The number of halogens is 3. The molecule has 2 N–H and O–H groups in total. The first kappa shape index (κ1) is 47.1. The summed E-state index contributed by atoms with van der Waals surface area (Å²) in [5.41, 5.74) is -1.78. The van der Waals surface area contributed by atoms with Gasteiger partial charge in [-0.1, -0.05) is 55.4 Å². The van der Waals surface area contributed by atoms with Crippen LogP contribution in [0.1, 0.15) is 133 Å². The van der Waals surface area contributed by atoms with Gasteiger partial charge in [-0.25, -0.2) is 0 Å². The third-order valence-corrected chi connectivity index (χ3v) is 14.7. The van der Waals surface area contributed by atoms with Crippen molar-refractivity contribution < 1.29 is 66.2 Å². The molecule has 0 aliphatic carbocycles. The van der Waals surface area contributed by atoms with E-state index in [0.29, 0.717) is 51.4 Å². The number of aliphatic hydroxyl groups excluding tert-OH is 1. The number of carbonyl (C=O) groups excluding carboxylic acids is 3. The van der Waals surface area contributed by atoms with Crippen LogP contribution in [0.15, 0.2) is 12.2 Å². The average Bonchev–Trinajstić information content (AvgIpc) is 3.52. The van der Waals surface area contributed by atoms with E-state index in [1.807, 2.05) is 48.5 Å². The summed E-state index contributed by atoms with van der Waals surface area (Å²) in [5.74, 6) is -7.67. The second-order valence-corrected chi connectivity index (χ2v) is 18.6. The van der Waals surface area contributed by atoms with Crippen LogP contribution in [0.25, 0.3) is 0 Å². The Kier molecular flexibility index (Phi) is 14.5. The molecule has 0 radical (unpaired) electrons. The molecule has 0 saturated carbocycles. The van der Waals surface area contributed by atoms with Crippen molar-refractivity contribution in [3.63, 3.8) is 0 Å². The molecule has 17 atom stereocenters. The first-order valence-electron chi connectivity index (χ1n) is 21.8. The number of hydrogen-bond acceptors (Lipinski definition) is 11. The monoisotopic (exact) mass is 830 g/mol. The van der Waals surface area contributed by atoms with Crippen LogP contribution >= 0.6 is 0 Å². The summed E-state index contributed by atoms with van der Waals surface area (Å²) in [4.78, 5) is 40.9. The Balaban J connectivity index is 1.29. The number of rotatable bonds is 13. The Bertz CT molecular complexity index is 1510. The molecule has 2 spiro atoms. The van der Waals surface area contributed by atoms with Crippen molar-refractivity contribution in [2.45, 2.75) is 199 Å². The largest absolute Gasteiger partial charge is 0.456 e. The third-order valence-electron chi connectivity index (χ3n) is 14.7. The highest BCUT2D eigenvalue weighted by Gasteiger charge is 2.63. The van der Waals surface area contributed by atoms with Crippen LogP contribution in [0.2, 0.25) is 0 Å². The molecular formula is C44H69F3O11. The van der Waals surface area contributed by atoms with E-state index in [1.54, 1.807) is 26.8 Å². The molecule has 0 bridgehead atoms. The van der Waals surface area contributed by atoms with E-state index in [4.69, 9.17) is 23.7 Å². The molecule has 1 unspecified atom stereocenters. The summed E-state index contributed by atoms with van der Waals surface area (Å²) < 4.78 is 76.1. The summed E-state index contributed by atoms with van der Waals surface area (Å²) in [5, 5.41) is 22.8. The number of ketones is 2. The van der Waals surface area contributed by atoms with Crippen molar-refractivity contribution in [3.8, 4) is 0 Å². The fraction of sp³-hybridized carbons (Fsp3) is 0.886. The Morgan fingerprint density at radius 1 is 0.931 bits per heavy atom. The van der Waals surface area contributed by atoms with Crippen LogP contribution in [-0.2, 0) is 42.8 Å². The lowest BCUT2D eigenvalue weighted by Crippen LogP contribution is -2.62. The second kappa shape index (κ2) is 17.8. The molecule has 5 aliphatic heterocycles. The molecule has 0 amide bonds. The van der Waals surface area contributed by atoms with Crippen LogP contribution in [0, 0.1) is 41.4 Å². The molecule has 14 heteroatoms. The molecule has 11 nitrogen and oxygen atoms in total. The molecule has 58 heavy (non-hydrogen) atoms. The molecule has 332 valence electrons. The first-order chi connectivity index (χ1) is 27.0. The van der Waals surface area contributed by atoms with Gasteiger partial charge in [0.15, 0.2) is 12.4 Å². The molecule has 5 rings (SSSR count). The molecule has 5 aliphatic rings. The lowest BCUT2D eigenvalue weighted by atomic mass is 9.72. The van der Waals surface area contributed by atoms with Crippen molar-refractivity contribution in [3.05, 3.63) is 12.2 Å². The highest BCUT2D eigenvalue weighted by atomic mass is 19.4. The highest BCUT2D eigenvalue weighted by molar-refractivity contribution is 5.97. The third kappa shape index (κ3) is 9.28. The summed E-state index contributed by atoms with van der Waals surface area (Å²) in [6.07, 6.45) is -0.458. The van der Waals surface area contributed by atoms with Crippen molar-refractivity contribution in [2.75, 3.05) is 6.61 Å². The Morgan fingerprint density at radius 2 is 1.60 bits per heavy atom. The van der Waals surface area contributed by atoms with Crippen LogP contribution in [0.4, 0.5) is 13.2 Å². The van der Waals surface area contributed by atoms with Gasteiger partial charge in [0.1, 0.15) is 5.78 Å². The molecule has 4 fully saturated rings. The lowest BCUT2D eigenvalue weighted by Gasteiger charge is -2.53. The molecule has 5 heterocycles. The van der Waals surface area contributed by atoms with Gasteiger partial charge in [0, 0.05) is 30.1 Å². The molecular weight excluding hydrogens is 761 g/mol. The Morgan fingerprint density at radius 3 is 2.21 bits per heavy atom. The van der Waals surface area contributed by atoms with Crippen molar-refractivity contribution in [1.29, 1.82) is 0 Å². The number of aliphatic hydroxyl groups is 2. The summed E-state index contributed by atoms with van der Waals surface area (Å²) in [6.45, 7) is 17.2. The minimum atomic E-state index is -4.64. The molecule has 0 aromatic carbocycles. The lowest BCUT2D eigenvalue weighted by molar-refractivity contribution is -0.378. The maximum Gasteiger partial charge on any atom is 0.422 e. The standard InChI is InChI=1S/C44H69F3O11/c1-11-30(39(51)53-23-44(45,46)47)32-15-14-24(4)37(55-32)28(8)35(49)27(7)36(50)31(12-2)38-25(5)22-26(6)42(56-38)19-16-33(48)43(58-42)21-20-40(10,57-43)34-17-18-41(52,13-3)29(9)54-34/h16,19,24-32,34-35,37-38,49,52H,11-15,17-18,20-23H2,1-10H3/t24-,25-,26+,27-,28-,29-,30+,31-,32+,34+,35+,37+,38?,40-,41+,42-,43-/m0/s1. The maximum atomic E-state index is 14.5. The number of hydrogen-bond donors (Lipinski definition) is 2. The van der Waals surface area contributed by atoms with E-state index in [1.165, 1.54) is 6.08 Å². The maximum absolute atomic E-state index is 14.5. The molecule has 0 aromatic rings. The first-order valence-corrected chi connectivity index (χ1v) is 21.8. The van der Waals surface area contributed by atoms with E-state index < -0.39 is 95.7 Å². The number of carbonyl (C=O) groups is 3. The van der Waals surface area contributed by atoms with E-state index in [2.05, 4.69) is 4.74 Å². The Labute approximate surface area is 342 Å². The summed E-state index contributed by atoms with van der Waals surface area (Å²) in [7, 11) is 0. The fourth-order valence-corrected chi connectivity index (χ4v) is 10.6. The van der Waals surface area contributed by atoms with Crippen LogP contribution in [0.3, 0.4) is 0 Å². The van der Waals surface area contributed by atoms with E-state index >= 15 is 0 Å². The zero-order chi connectivity index (χ0) is 43.2. The zero-order valence-corrected chi connectivity index (χ0v) is 36.1. The number of ether oxygens (including phenoxy) is 6. The van der Waals surface area contributed by atoms with Crippen LogP contribution in [-0.4, -0.2) is 99.9 Å². The fourth-order valence-electron chi connectivity index (χ4n) is 10.6. The van der Waals surface area contributed by atoms with Crippen LogP contribution < -0.4 is 0 Å². The van der Waals surface area contributed by atoms with E-state index in [-0.39, 0.29) is 48.3 Å². The van der Waals surface area contributed by atoms with Crippen molar-refractivity contribution in [2.24, 2.45) is 41.4 Å². The minimum absolute atomic E-state index is 0.0468. The van der Waals surface area contributed by atoms with Gasteiger partial charge in [-0.15, -0.1) is 0 Å². The highest BCUT2D eigenvalue weighted by Crippen LogP contribution is 2.53. The van der Waals surface area contributed by atoms with Gasteiger partial charge in [-0.3, -0.25) is 14.4 Å². The number of esters is 1. The molecule has 0 aromatic heterocycles. The minimum Gasteiger partial charge on any atom is -0.456 e. The predicted molar refractivity (Wildman–Crippen MR) is 207 cm³/mol. The zero-order valence-electron chi connectivity index (χ0n) is 36.1. The van der Waals surface area contributed by atoms with Gasteiger partial charge < -0.3 is 38.6 Å². The quantitative estimate of drug-likeness (QED) is 0.179. The van der Waals surface area contributed by atoms with Gasteiger partial charge in [0.2, 0.25) is 11.6 Å². The second-order valence-electron chi connectivity index (χ2n) is 18.6. The van der Waals surface area contributed by atoms with Gasteiger partial charge in [0.05, 0.1) is 53.7 Å². The number of alkyl halides is 3. The van der Waals surface area contributed by atoms with Crippen molar-refractivity contribution in [1.82, 2.24) is 0 Å².